The SMILES string of the molecule is CN(C(=O)c1ccc(Br)cc1F)C1CC2CCC(C1)N2.Cl. The van der Waals surface area contributed by atoms with Crippen LogP contribution in [0.4, 0.5) is 4.39 Å². The van der Waals surface area contributed by atoms with E-state index >= 15 is 0 Å². The van der Waals surface area contributed by atoms with Gasteiger partial charge in [-0.25, -0.2) is 4.39 Å². The Hall–Kier alpha value is -0.650. The first-order chi connectivity index (χ1) is 9.54. The lowest BCUT2D eigenvalue weighted by molar-refractivity contribution is 0.0677. The van der Waals surface area contributed by atoms with Gasteiger partial charge in [-0.1, -0.05) is 15.9 Å². The monoisotopic (exact) mass is 376 g/mol. The van der Waals surface area contributed by atoms with Crippen LogP contribution in [-0.2, 0) is 0 Å². The van der Waals surface area contributed by atoms with Gasteiger partial charge in [0.15, 0.2) is 0 Å². The number of nitrogens with one attached hydrogen (secondary N) is 1. The molecule has 0 saturated carbocycles. The largest absolute Gasteiger partial charge is 0.339 e. The van der Waals surface area contributed by atoms with E-state index in [-0.39, 0.29) is 29.9 Å². The number of nitrogens with zero attached hydrogens (tertiary/aromatic N) is 1. The Morgan fingerprint density at radius 2 is 1.95 bits per heavy atom. The summed E-state index contributed by atoms with van der Waals surface area (Å²) in [5.41, 5.74) is 0.154. The molecular weight excluding hydrogens is 359 g/mol. The molecule has 116 valence electrons. The summed E-state index contributed by atoms with van der Waals surface area (Å²) in [6.45, 7) is 0. The number of benzene rings is 1. The smallest absolute Gasteiger partial charge is 0.256 e. The number of amides is 1. The number of hydrogen-bond donors (Lipinski definition) is 1. The van der Waals surface area contributed by atoms with Gasteiger partial charge in [-0.2, -0.15) is 0 Å². The zero-order valence-corrected chi connectivity index (χ0v) is 14.2. The van der Waals surface area contributed by atoms with Crippen molar-refractivity contribution >= 4 is 34.2 Å². The van der Waals surface area contributed by atoms with Crippen molar-refractivity contribution in [1.29, 1.82) is 0 Å². The van der Waals surface area contributed by atoms with Gasteiger partial charge in [-0.3, -0.25) is 4.79 Å². The number of halogens is 3. The lowest BCUT2D eigenvalue weighted by Gasteiger charge is -2.35. The number of rotatable bonds is 2. The summed E-state index contributed by atoms with van der Waals surface area (Å²) in [6, 6.07) is 5.84. The maximum absolute atomic E-state index is 13.9. The quantitative estimate of drug-likeness (QED) is 0.857. The fourth-order valence-corrected chi connectivity index (χ4v) is 3.70. The predicted molar refractivity (Wildman–Crippen MR) is 86.4 cm³/mol. The molecule has 2 saturated heterocycles. The Bertz CT molecular complexity index is 530. The molecule has 2 atom stereocenters. The molecule has 0 aromatic heterocycles. The Kier molecular flexibility index (Phi) is 5.28. The summed E-state index contributed by atoms with van der Waals surface area (Å²) < 4.78 is 14.6. The van der Waals surface area contributed by atoms with Crippen LogP contribution in [0.5, 0.6) is 0 Å². The molecule has 2 unspecified atom stereocenters. The van der Waals surface area contributed by atoms with Crippen molar-refractivity contribution in [2.45, 2.75) is 43.8 Å². The highest BCUT2D eigenvalue weighted by molar-refractivity contribution is 9.10. The number of hydrogen-bond acceptors (Lipinski definition) is 2. The topological polar surface area (TPSA) is 32.3 Å². The molecule has 0 radical (unpaired) electrons. The van der Waals surface area contributed by atoms with Crippen LogP contribution in [0.15, 0.2) is 22.7 Å². The van der Waals surface area contributed by atoms with Gasteiger partial charge in [-0.05, 0) is 43.9 Å². The molecule has 2 fully saturated rings. The molecule has 2 heterocycles. The van der Waals surface area contributed by atoms with Gasteiger partial charge in [0.1, 0.15) is 5.82 Å². The molecule has 1 aromatic rings. The number of fused-ring (bicyclic) bond motifs is 2. The molecule has 3 rings (SSSR count). The fraction of sp³-hybridized carbons (Fsp3) is 0.533. The minimum atomic E-state index is -0.465. The molecule has 2 aliphatic rings. The van der Waals surface area contributed by atoms with Crippen LogP contribution in [0.1, 0.15) is 36.0 Å². The first-order valence-corrected chi connectivity index (χ1v) is 7.82. The zero-order valence-electron chi connectivity index (χ0n) is 11.8. The first kappa shape index (κ1) is 16.7. The third-order valence-corrected chi connectivity index (χ3v) is 4.97. The molecule has 1 N–H and O–H groups in total. The van der Waals surface area contributed by atoms with Crippen LogP contribution in [-0.4, -0.2) is 36.0 Å². The Balaban J connectivity index is 0.00000161. The van der Waals surface area contributed by atoms with Crippen molar-refractivity contribution in [3.05, 3.63) is 34.1 Å². The summed E-state index contributed by atoms with van der Waals surface area (Å²) in [4.78, 5) is 14.2. The zero-order chi connectivity index (χ0) is 14.3. The van der Waals surface area contributed by atoms with Crippen LogP contribution >= 0.6 is 28.3 Å². The first-order valence-electron chi connectivity index (χ1n) is 7.03. The van der Waals surface area contributed by atoms with E-state index in [9.17, 15) is 9.18 Å². The molecule has 0 aliphatic carbocycles. The summed E-state index contributed by atoms with van der Waals surface area (Å²) in [6.07, 6.45) is 4.32. The van der Waals surface area contributed by atoms with E-state index in [1.165, 1.54) is 18.9 Å². The second-order valence-corrected chi connectivity index (χ2v) is 6.72. The maximum atomic E-state index is 13.9. The fourth-order valence-electron chi connectivity index (χ4n) is 3.36. The van der Waals surface area contributed by atoms with E-state index < -0.39 is 5.82 Å². The normalized spacial score (nSPS) is 27.1. The highest BCUT2D eigenvalue weighted by Crippen LogP contribution is 2.30. The second-order valence-electron chi connectivity index (χ2n) is 5.80. The average molecular weight is 378 g/mol. The Labute approximate surface area is 138 Å². The molecule has 0 spiro atoms. The van der Waals surface area contributed by atoms with Gasteiger partial charge in [0, 0.05) is 29.6 Å². The van der Waals surface area contributed by atoms with Gasteiger partial charge in [0.2, 0.25) is 0 Å². The average Bonchev–Trinajstić information content (AvgIpc) is 2.76. The van der Waals surface area contributed by atoms with Crippen molar-refractivity contribution in [2.75, 3.05) is 7.05 Å². The van der Waals surface area contributed by atoms with Crippen molar-refractivity contribution in [3.8, 4) is 0 Å². The van der Waals surface area contributed by atoms with Gasteiger partial charge < -0.3 is 10.2 Å². The number of carbonyl (C=O) groups excluding carboxylic acids is 1. The van der Waals surface area contributed by atoms with E-state index in [1.54, 1.807) is 24.1 Å². The van der Waals surface area contributed by atoms with Crippen molar-refractivity contribution in [3.63, 3.8) is 0 Å². The van der Waals surface area contributed by atoms with E-state index in [0.29, 0.717) is 16.6 Å². The van der Waals surface area contributed by atoms with Gasteiger partial charge in [-0.15, -0.1) is 12.4 Å². The standard InChI is InChI=1S/C15H18BrFN2O.ClH/c1-19(12-7-10-3-4-11(8-12)18-10)15(20)13-5-2-9(16)6-14(13)17;/h2,5-6,10-12,18H,3-4,7-8H2,1H3;1H. The highest BCUT2D eigenvalue weighted by Gasteiger charge is 2.36. The minimum Gasteiger partial charge on any atom is -0.339 e. The molecule has 2 aliphatic heterocycles. The number of piperidine rings is 1. The van der Waals surface area contributed by atoms with Crippen LogP contribution in [0.3, 0.4) is 0 Å². The van der Waals surface area contributed by atoms with Crippen LogP contribution < -0.4 is 5.32 Å². The highest BCUT2D eigenvalue weighted by atomic mass is 79.9. The van der Waals surface area contributed by atoms with Crippen LogP contribution in [0.25, 0.3) is 0 Å². The maximum Gasteiger partial charge on any atom is 0.256 e. The van der Waals surface area contributed by atoms with E-state index in [2.05, 4.69) is 21.2 Å². The molecule has 6 heteroatoms. The molecule has 1 aromatic carbocycles. The van der Waals surface area contributed by atoms with Crippen molar-refractivity contribution in [1.82, 2.24) is 10.2 Å². The molecule has 21 heavy (non-hydrogen) atoms. The lowest BCUT2D eigenvalue weighted by Crippen LogP contribution is -2.48. The third-order valence-electron chi connectivity index (χ3n) is 4.48. The van der Waals surface area contributed by atoms with E-state index in [0.717, 1.165) is 12.8 Å². The molecule has 2 bridgehead atoms. The number of carbonyl (C=O) groups is 1. The van der Waals surface area contributed by atoms with Gasteiger partial charge >= 0.3 is 0 Å². The second kappa shape index (κ2) is 6.63. The van der Waals surface area contributed by atoms with Crippen molar-refractivity contribution in [2.24, 2.45) is 0 Å². The summed E-state index contributed by atoms with van der Waals surface area (Å²) in [5, 5.41) is 3.55. The Morgan fingerprint density at radius 3 is 2.52 bits per heavy atom. The summed E-state index contributed by atoms with van der Waals surface area (Å²) >= 11 is 3.21. The van der Waals surface area contributed by atoms with Gasteiger partial charge in [0.05, 0.1) is 5.56 Å². The summed E-state index contributed by atoms with van der Waals surface area (Å²) in [7, 11) is 1.79. The third kappa shape index (κ3) is 3.41. The van der Waals surface area contributed by atoms with Crippen LogP contribution in [0, 0.1) is 5.82 Å². The molecule has 3 nitrogen and oxygen atoms in total. The van der Waals surface area contributed by atoms with E-state index in [1.807, 2.05) is 0 Å². The van der Waals surface area contributed by atoms with Crippen molar-refractivity contribution < 1.29 is 9.18 Å². The summed E-state index contributed by atoms with van der Waals surface area (Å²) in [5.74, 6) is -0.686. The molecule has 1 amide bonds. The van der Waals surface area contributed by atoms with Gasteiger partial charge in [0.25, 0.3) is 5.91 Å². The van der Waals surface area contributed by atoms with Crippen LogP contribution in [0.2, 0.25) is 0 Å². The van der Waals surface area contributed by atoms with E-state index in [4.69, 9.17) is 0 Å². The lowest BCUT2D eigenvalue weighted by atomic mass is 9.98. The minimum absolute atomic E-state index is 0. The molecular formula is C15H19BrClFN2O. The Morgan fingerprint density at radius 1 is 1.33 bits per heavy atom. The predicted octanol–water partition coefficient (Wildman–Crippen LogP) is 3.37.